The average molecular weight is 423 g/mol. The molecule has 4 aromatic rings. The minimum Gasteiger partial charge on any atom is -0.357 e. The third-order valence-electron chi connectivity index (χ3n) is 4.77. The van der Waals surface area contributed by atoms with Crippen LogP contribution in [0.4, 0.5) is 11.6 Å². The molecule has 31 heavy (non-hydrogen) atoms. The van der Waals surface area contributed by atoms with Crippen LogP contribution in [-0.4, -0.2) is 38.4 Å². The van der Waals surface area contributed by atoms with Gasteiger partial charge in [0.05, 0.1) is 18.2 Å². The van der Waals surface area contributed by atoms with Crippen LogP contribution in [0.1, 0.15) is 43.2 Å². The summed E-state index contributed by atoms with van der Waals surface area (Å²) in [5.41, 5.74) is 1.66. The van der Waals surface area contributed by atoms with Crippen LogP contribution < -0.4 is 10.2 Å². The molecule has 0 spiro atoms. The number of carbonyl (C=O) groups excluding carboxylic acids is 1. The summed E-state index contributed by atoms with van der Waals surface area (Å²) in [6.45, 7) is -6.81. The molecule has 1 N–H and O–H groups in total. The third-order valence-corrected chi connectivity index (χ3v) is 4.77. The second-order valence-electron chi connectivity index (χ2n) is 6.81. The van der Waals surface area contributed by atoms with E-state index in [2.05, 4.69) is 20.3 Å². The molecular weight excluding hydrogens is 388 g/mol. The molecule has 156 valence electrons. The minimum absolute atomic E-state index is 0.117. The lowest BCUT2D eigenvalue weighted by molar-refractivity contribution is 0.102. The lowest BCUT2D eigenvalue weighted by Gasteiger charge is -2.27. The third kappa shape index (κ3) is 3.99. The summed E-state index contributed by atoms with van der Waals surface area (Å²) in [4.78, 5) is 25.6. The van der Waals surface area contributed by atoms with Crippen molar-refractivity contribution in [2.45, 2.75) is 19.1 Å². The van der Waals surface area contributed by atoms with Gasteiger partial charge < -0.3 is 14.8 Å². The van der Waals surface area contributed by atoms with Gasteiger partial charge in [0.25, 0.3) is 5.91 Å². The van der Waals surface area contributed by atoms with E-state index < -0.39 is 43.8 Å². The molecule has 0 bridgehead atoms. The van der Waals surface area contributed by atoms with Crippen LogP contribution >= 0.6 is 0 Å². The van der Waals surface area contributed by atoms with Gasteiger partial charge in [-0.25, -0.2) is 15.0 Å². The van der Waals surface area contributed by atoms with E-state index in [4.69, 9.17) is 13.7 Å². The normalized spacial score (nSPS) is 26.9. The monoisotopic (exact) mass is 422 g/mol. The average Bonchev–Trinajstić information content (AvgIpc) is 3.33. The molecule has 5 rings (SSSR count). The highest BCUT2D eigenvalue weighted by atomic mass is 16.1. The largest absolute Gasteiger partial charge is 0.357 e. The number of imidazole rings is 1. The van der Waals surface area contributed by atoms with Gasteiger partial charge in [-0.15, -0.1) is 0 Å². The Bertz CT molecular complexity index is 1640. The predicted molar refractivity (Wildman–Crippen MR) is 122 cm³/mol. The van der Waals surface area contributed by atoms with Crippen molar-refractivity contribution in [2.24, 2.45) is 7.05 Å². The Morgan fingerprint density at radius 1 is 1.03 bits per heavy atom. The topological polar surface area (TPSA) is 75.9 Å². The number of pyridine rings is 2. The SMILES string of the molecule is [2H]C1([2H])N(c2cc(C(=O)Nc3cc4cc(-c5cncn5C)ccc4cn3)ccn2)C([2H])([2H])C([2H])([2H])C([2H])([2H])C1([2H])[2H]. The van der Waals surface area contributed by atoms with Crippen LogP contribution in [0.5, 0.6) is 0 Å². The highest BCUT2D eigenvalue weighted by Crippen LogP contribution is 2.25. The van der Waals surface area contributed by atoms with Crippen molar-refractivity contribution < 1.29 is 18.5 Å². The quantitative estimate of drug-likeness (QED) is 0.531. The molecule has 1 aliphatic rings. The number of amides is 1. The summed E-state index contributed by atoms with van der Waals surface area (Å²) in [6, 6.07) is 9.62. The maximum atomic E-state index is 13.2. The second kappa shape index (κ2) is 8.18. The van der Waals surface area contributed by atoms with Crippen molar-refractivity contribution in [3.63, 3.8) is 0 Å². The fourth-order valence-corrected chi connectivity index (χ4v) is 3.22. The van der Waals surface area contributed by atoms with E-state index in [0.717, 1.165) is 34.3 Å². The first-order valence-electron chi connectivity index (χ1n) is 14.4. The highest BCUT2D eigenvalue weighted by Gasteiger charge is 2.15. The van der Waals surface area contributed by atoms with Crippen LogP contribution in [0.25, 0.3) is 22.0 Å². The first kappa shape index (κ1) is 11.0. The van der Waals surface area contributed by atoms with E-state index in [0.29, 0.717) is 0 Å². The van der Waals surface area contributed by atoms with E-state index in [1.807, 2.05) is 29.8 Å². The molecule has 0 unspecified atom stereocenters. The molecule has 1 aromatic carbocycles. The van der Waals surface area contributed by atoms with E-state index in [9.17, 15) is 4.79 Å². The molecule has 1 amide bonds. The minimum atomic E-state index is -3.56. The highest BCUT2D eigenvalue weighted by molar-refractivity contribution is 6.05. The number of carbonyl (C=O) groups is 1. The zero-order valence-electron chi connectivity index (χ0n) is 26.4. The fraction of sp³-hybridized carbons (Fsp3) is 0.250. The number of anilines is 2. The van der Waals surface area contributed by atoms with Crippen LogP contribution in [0.2, 0.25) is 0 Å². The maximum absolute atomic E-state index is 13.2. The first-order valence-corrected chi connectivity index (χ1v) is 9.38. The predicted octanol–water partition coefficient (Wildman–Crippen LogP) is 4.27. The molecule has 7 heteroatoms. The lowest BCUT2D eigenvalue weighted by atomic mass is 10.1. The van der Waals surface area contributed by atoms with Crippen molar-refractivity contribution in [2.75, 3.05) is 23.2 Å². The Kier molecular flexibility index (Phi) is 2.91. The van der Waals surface area contributed by atoms with Crippen molar-refractivity contribution in [1.29, 1.82) is 0 Å². The second-order valence-corrected chi connectivity index (χ2v) is 6.81. The van der Waals surface area contributed by atoms with Crippen LogP contribution in [0.3, 0.4) is 0 Å². The number of aromatic nitrogens is 4. The Hall–Kier alpha value is -3.74. The number of piperidine rings is 1. The van der Waals surface area contributed by atoms with Gasteiger partial charge in [0.1, 0.15) is 11.6 Å². The van der Waals surface area contributed by atoms with Gasteiger partial charge in [-0.1, -0.05) is 12.1 Å². The number of nitrogens with zero attached hydrogens (tertiary/aromatic N) is 5. The lowest BCUT2D eigenvalue weighted by Crippen LogP contribution is -2.30. The molecule has 3 aromatic heterocycles. The van der Waals surface area contributed by atoms with E-state index >= 15 is 0 Å². The van der Waals surface area contributed by atoms with Crippen LogP contribution in [0, 0.1) is 0 Å². The Morgan fingerprint density at radius 3 is 2.71 bits per heavy atom. The maximum Gasteiger partial charge on any atom is 0.257 e. The van der Waals surface area contributed by atoms with Gasteiger partial charge in [0, 0.05) is 62.7 Å². The van der Waals surface area contributed by atoms with Gasteiger partial charge in [-0.05, 0) is 48.8 Å². The van der Waals surface area contributed by atoms with Crippen molar-refractivity contribution in [3.05, 3.63) is 66.9 Å². The van der Waals surface area contributed by atoms with Gasteiger partial charge >= 0.3 is 0 Å². The summed E-state index contributed by atoms with van der Waals surface area (Å²) in [5, 5.41) is 4.22. The van der Waals surface area contributed by atoms with E-state index in [1.54, 1.807) is 24.8 Å². The van der Waals surface area contributed by atoms with Gasteiger partial charge in [0.15, 0.2) is 0 Å². The number of fused-ring (bicyclic) bond motifs is 1. The number of hydrogen-bond donors (Lipinski definition) is 1. The summed E-state index contributed by atoms with van der Waals surface area (Å²) in [6.07, 6.45) is -4.54. The zero-order chi connectivity index (χ0) is 30.2. The molecule has 1 fully saturated rings. The molecule has 0 radical (unpaired) electrons. The molecule has 1 saturated heterocycles. The van der Waals surface area contributed by atoms with Gasteiger partial charge in [-0.2, -0.15) is 0 Å². The number of rotatable bonds is 4. The Morgan fingerprint density at radius 2 is 1.90 bits per heavy atom. The zero-order valence-corrected chi connectivity index (χ0v) is 16.4. The Labute approximate surface area is 194 Å². The van der Waals surface area contributed by atoms with Crippen molar-refractivity contribution in [1.82, 2.24) is 19.5 Å². The summed E-state index contributed by atoms with van der Waals surface area (Å²) in [5.74, 6) is -1.13. The Balaban J connectivity index is 1.48. The first-order chi connectivity index (χ1) is 18.9. The number of nitrogens with one attached hydrogen (secondary N) is 1. The summed E-state index contributed by atoms with van der Waals surface area (Å²) >= 11 is 0. The summed E-state index contributed by atoms with van der Waals surface area (Å²) < 4.78 is 83.6. The molecule has 0 saturated carbocycles. The molecule has 0 atom stereocenters. The van der Waals surface area contributed by atoms with Gasteiger partial charge in [0.2, 0.25) is 0 Å². The molecule has 4 heterocycles. The van der Waals surface area contributed by atoms with Gasteiger partial charge in [-0.3, -0.25) is 4.79 Å². The van der Waals surface area contributed by atoms with Crippen molar-refractivity contribution in [3.8, 4) is 11.3 Å². The van der Waals surface area contributed by atoms with Crippen LogP contribution in [-0.2, 0) is 7.05 Å². The number of aryl methyl sites for hydroxylation is 1. The standard InChI is InChI=1S/C24H24N6O/c1-29-16-25-15-21(29)17-5-6-19-14-27-22(12-20(19)11-17)28-24(31)18-7-8-26-23(13-18)30-9-3-2-4-10-30/h5-8,11-16H,2-4,9-10H2,1H3,(H,27,28,31)/i2D2,3D2,4D2,9D2,10D2. The molecule has 7 nitrogen and oxygen atoms in total. The fourth-order valence-electron chi connectivity index (χ4n) is 3.22. The molecule has 0 aliphatic carbocycles. The molecular formula is C24H24N6O. The van der Waals surface area contributed by atoms with E-state index in [-0.39, 0.29) is 16.3 Å². The smallest absolute Gasteiger partial charge is 0.257 e. The van der Waals surface area contributed by atoms with Crippen molar-refractivity contribution >= 4 is 28.3 Å². The molecule has 1 aliphatic heterocycles. The summed E-state index contributed by atoms with van der Waals surface area (Å²) in [7, 11) is 1.87. The number of hydrogen-bond acceptors (Lipinski definition) is 5. The van der Waals surface area contributed by atoms with E-state index in [1.165, 1.54) is 6.07 Å². The number of benzene rings is 1. The van der Waals surface area contributed by atoms with Crippen LogP contribution in [0.15, 0.2) is 61.3 Å².